The molecule has 2 nitrogen and oxygen atoms in total. The lowest BCUT2D eigenvalue weighted by Crippen LogP contribution is -2.11. The third-order valence-corrected chi connectivity index (χ3v) is 3.13. The summed E-state index contributed by atoms with van der Waals surface area (Å²) in [6.45, 7) is 0. The Kier molecular flexibility index (Phi) is 3.91. The van der Waals surface area contributed by atoms with Crippen LogP contribution < -0.4 is 5.73 Å². The van der Waals surface area contributed by atoms with Gasteiger partial charge in [-0.3, -0.25) is 4.79 Å². The van der Waals surface area contributed by atoms with E-state index in [9.17, 15) is 22.4 Å². The molecule has 2 aromatic carbocycles. The first-order chi connectivity index (χ1) is 9.70. The Balaban J connectivity index is 2.55. The molecule has 2 rings (SSSR count). The fourth-order valence-corrected chi connectivity index (χ4v) is 1.95. The van der Waals surface area contributed by atoms with Crippen molar-refractivity contribution >= 4 is 23.1 Å². The summed E-state index contributed by atoms with van der Waals surface area (Å²) in [5, 5.41) is -0.0711. The highest BCUT2D eigenvalue weighted by Crippen LogP contribution is 2.32. The first kappa shape index (κ1) is 15.3. The molecule has 0 aliphatic rings. The van der Waals surface area contributed by atoms with E-state index >= 15 is 0 Å². The molecular formula is C14H8ClF4NO. The van der Waals surface area contributed by atoms with Gasteiger partial charge in [-0.05, 0) is 36.4 Å². The van der Waals surface area contributed by atoms with E-state index in [1.54, 1.807) is 0 Å². The topological polar surface area (TPSA) is 43.1 Å². The van der Waals surface area contributed by atoms with Crippen molar-refractivity contribution < 1.29 is 22.4 Å². The molecule has 0 saturated heterocycles. The molecule has 0 aliphatic heterocycles. The molecule has 7 heteroatoms. The largest absolute Gasteiger partial charge is 0.416 e. The standard InChI is InChI=1S/C14H8ClF4NO/c15-11-3-2-8(16)6-9(11)13(21)10-5-7(14(17,18)19)1-4-12(10)20/h1-6H,20H2. The van der Waals surface area contributed by atoms with Gasteiger partial charge in [-0.25, -0.2) is 4.39 Å². The summed E-state index contributed by atoms with van der Waals surface area (Å²) in [4.78, 5) is 12.2. The number of carbonyl (C=O) groups is 1. The van der Waals surface area contributed by atoms with Crippen LogP contribution in [-0.4, -0.2) is 5.78 Å². The van der Waals surface area contributed by atoms with Crippen LogP contribution in [0.4, 0.5) is 23.2 Å². The molecule has 0 radical (unpaired) electrons. The normalized spacial score (nSPS) is 11.5. The minimum atomic E-state index is -4.62. The van der Waals surface area contributed by atoms with Crippen LogP contribution in [-0.2, 0) is 6.18 Å². The summed E-state index contributed by atoms with van der Waals surface area (Å²) in [5.41, 5.74) is 3.74. The molecule has 2 aromatic rings. The van der Waals surface area contributed by atoms with Crippen molar-refractivity contribution in [2.75, 3.05) is 5.73 Å². The van der Waals surface area contributed by atoms with Gasteiger partial charge in [0.2, 0.25) is 0 Å². The Morgan fingerprint density at radius 3 is 2.33 bits per heavy atom. The second kappa shape index (κ2) is 5.37. The number of benzene rings is 2. The van der Waals surface area contributed by atoms with Gasteiger partial charge in [0.15, 0.2) is 5.78 Å². The Morgan fingerprint density at radius 2 is 1.71 bits per heavy atom. The summed E-state index contributed by atoms with van der Waals surface area (Å²) >= 11 is 5.77. The zero-order valence-corrected chi connectivity index (χ0v) is 11.1. The van der Waals surface area contributed by atoms with Gasteiger partial charge in [-0.1, -0.05) is 11.6 Å². The number of anilines is 1. The van der Waals surface area contributed by atoms with Gasteiger partial charge in [-0.15, -0.1) is 0 Å². The first-order valence-corrected chi connectivity index (χ1v) is 6.04. The quantitative estimate of drug-likeness (QED) is 0.509. The molecule has 0 unspecified atom stereocenters. The zero-order valence-electron chi connectivity index (χ0n) is 10.3. The van der Waals surface area contributed by atoms with E-state index in [2.05, 4.69) is 0 Å². The molecule has 0 atom stereocenters. The number of halogens is 5. The molecule has 0 heterocycles. The molecule has 2 N–H and O–H groups in total. The molecule has 0 saturated carbocycles. The van der Waals surface area contributed by atoms with Crippen molar-refractivity contribution in [1.29, 1.82) is 0 Å². The molecule has 0 amide bonds. The van der Waals surface area contributed by atoms with E-state index in [0.717, 1.165) is 30.3 Å². The molecule has 0 spiro atoms. The molecule has 0 aliphatic carbocycles. The van der Waals surface area contributed by atoms with Crippen LogP contribution in [0.1, 0.15) is 21.5 Å². The maximum Gasteiger partial charge on any atom is 0.416 e. The van der Waals surface area contributed by atoms with Crippen molar-refractivity contribution in [3.63, 3.8) is 0 Å². The van der Waals surface area contributed by atoms with Gasteiger partial charge in [-0.2, -0.15) is 13.2 Å². The summed E-state index contributed by atoms with van der Waals surface area (Å²) in [7, 11) is 0. The Morgan fingerprint density at radius 1 is 1.05 bits per heavy atom. The Bertz CT molecular complexity index is 713. The number of nitrogens with two attached hydrogens (primary N) is 1. The predicted molar refractivity (Wildman–Crippen MR) is 70.7 cm³/mol. The lowest BCUT2D eigenvalue weighted by molar-refractivity contribution is -0.137. The van der Waals surface area contributed by atoms with Gasteiger partial charge < -0.3 is 5.73 Å². The smallest absolute Gasteiger partial charge is 0.398 e. The van der Waals surface area contributed by atoms with Gasteiger partial charge in [0.05, 0.1) is 10.6 Å². The summed E-state index contributed by atoms with van der Waals surface area (Å²) in [5.74, 6) is -1.60. The fourth-order valence-electron chi connectivity index (χ4n) is 1.75. The van der Waals surface area contributed by atoms with Crippen molar-refractivity contribution in [1.82, 2.24) is 0 Å². The van der Waals surface area contributed by atoms with Crippen molar-refractivity contribution in [2.45, 2.75) is 6.18 Å². The molecule has 21 heavy (non-hydrogen) atoms. The predicted octanol–water partition coefficient (Wildman–Crippen LogP) is 4.31. The van der Waals surface area contributed by atoms with Crippen LogP contribution in [0.3, 0.4) is 0 Å². The van der Waals surface area contributed by atoms with E-state index in [1.807, 2.05) is 0 Å². The third-order valence-electron chi connectivity index (χ3n) is 2.80. The van der Waals surface area contributed by atoms with Crippen LogP contribution in [0.5, 0.6) is 0 Å². The second-order valence-corrected chi connectivity index (χ2v) is 4.66. The van der Waals surface area contributed by atoms with Crippen LogP contribution >= 0.6 is 11.6 Å². The lowest BCUT2D eigenvalue weighted by Gasteiger charge is -2.11. The number of carbonyl (C=O) groups excluding carboxylic acids is 1. The van der Waals surface area contributed by atoms with Crippen molar-refractivity contribution in [2.24, 2.45) is 0 Å². The van der Waals surface area contributed by atoms with Crippen LogP contribution in [0.15, 0.2) is 36.4 Å². The summed E-state index contributed by atoms with van der Waals surface area (Å²) in [6.07, 6.45) is -4.62. The second-order valence-electron chi connectivity index (χ2n) is 4.25. The van der Waals surface area contributed by atoms with Gasteiger partial charge >= 0.3 is 6.18 Å². The third kappa shape index (κ3) is 3.16. The maximum absolute atomic E-state index is 13.2. The fraction of sp³-hybridized carbons (Fsp3) is 0.0714. The number of nitrogen functional groups attached to an aromatic ring is 1. The van der Waals surface area contributed by atoms with Crippen molar-refractivity contribution in [3.8, 4) is 0 Å². The number of hydrogen-bond acceptors (Lipinski definition) is 2. The van der Waals surface area contributed by atoms with Gasteiger partial charge in [0.25, 0.3) is 0 Å². The van der Waals surface area contributed by atoms with Crippen LogP contribution in [0, 0.1) is 5.82 Å². The number of rotatable bonds is 2. The molecule has 0 aromatic heterocycles. The Labute approximate surface area is 122 Å². The molecule has 110 valence electrons. The van der Waals surface area contributed by atoms with Crippen molar-refractivity contribution in [3.05, 3.63) is 63.9 Å². The van der Waals surface area contributed by atoms with E-state index in [-0.39, 0.29) is 21.8 Å². The number of alkyl halides is 3. The zero-order chi connectivity index (χ0) is 15.8. The average molecular weight is 318 g/mol. The average Bonchev–Trinajstić information content (AvgIpc) is 2.40. The van der Waals surface area contributed by atoms with Gasteiger partial charge in [0, 0.05) is 16.8 Å². The lowest BCUT2D eigenvalue weighted by atomic mass is 9.99. The van der Waals surface area contributed by atoms with E-state index in [4.69, 9.17) is 17.3 Å². The van der Waals surface area contributed by atoms with E-state index in [0.29, 0.717) is 6.07 Å². The Hall–Kier alpha value is -2.08. The minimum Gasteiger partial charge on any atom is -0.398 e. The monoisotopic (exact) mass is 317 g/mol. The molecular weight excluding hydrogens is 310 g/mol. The maximum atomic E-state index is 13.2. The number of hydrogen-bond donors (Lipinski definition) is 1. The van der Waals surface area contributed by atoms with Crippen LogP contribution in [0.2, 0.25) is 5.02 Å². The van der Waals surface area contributed by atoms with Gasteiger partial charge in [0.1, 0.15) is 5.82 Å². The SMILES string of the molecule is Nc1ccc(C(F)(F)F)cc1C(=O)c1cc(F)ccc1Cl. The first-order valence-electron chi connectivity index (χ1n) is 5.66. The molecule has 0 bridgehead atoms. The summed E-state index contributed by atoms with van der Waals surface area (Å²) < 4.78 is 51.2. The van der Waals surface area contributed by atoms with Crippen LogP contribution in [0.25, 0.3) is 0 Å². The minimum absolute atomic E-state index is 0.0711. The molecule has 0 fully saturated rings. The highest BCUT2D eigenvalue weighted by Gasteiger charge is 2.31. The van der Waals surface area contributed by atoms with E-state index in [1.165, 1.54) is 0 Å². The number of ketones is 1. The highest BCUT2D eigenvalue weighted by molar-refractivity contribution is 6.35. The summed E-state index contributed by atoms with van der Waals surface area (Å²) in [6, 6.07) is 5.40. The highest BCUT2D eigenvalue weighted by atomic mass is 35.5. The van der Waals surface area contributed by atoms with E-state index < -0.39 is 23.3 Å².